The minimum absolute atomic E-state index is 0.192. The van der Waals surface area contributed by atoms with E-state index in [0.29, 0.717) is 25.8 Å². The zero-order chi connectivity index (χ0) is 27.5. The fourth-order valence-electron chi connectivity index (χ4n) is 4.35. The lowest BCUT2D eigenvalue weighted by Crippen LogP contribution is -2.57. The zero-order valence-electron chi connectivity index (χ0n) is 21.5. The van der Waals surface area contributed by atoms with Crippen LogP contribution in [0.2, 0.25) is 0 Å². The van der Waals surface area contributed by atoms with Gasteiger partial charge in [-0.3, -0.25) is 19.2 Å². The Balaban J connectivity index is 1.74. The zero-order valence-corrected chi connectivity index (χ0v) is 21.5. The van der Waals surface area contributed by atoms with Crippen molar-refractivity contribution in [3.63, 3.8) is 0 Å². The lowest BCUT2D eigenvalue weighted by atomic mass is 10.0. The van der Waals surface area contributed by atoms with Crippen LogP contribution in [0.15, 0.2) is 60.8 Å². The summed E-state index contributed by atoms with van der Waals surface area (Å²) in [4.78, 5) is 53.8. The second kappa shape index (κ2) is 13.9. The van der Waals surface area contributed by atoms with Crippen LogP contribution in [0.1, 0.15) is 37.3 Å². The van der Waals surface area contributed by atoms with Crippen molar-refractivity contribution in [1.29, 1.82) is 0 Å². The lowest BCUT2D eigenvalue weighted by molar-refractivity contribution is -0.133. The predicted octanol–water partition coefficient (Wildman–Crippen LogP) is 1.04. The Morgan fingerprint density at radius 1 is 0.816 bits per heavy atom. The summed E-state index contributed by atoms with van der Waals surface area (Å²) in [6.45, 7) is 1.77. The Morgan fingerprint density at radius 3 is 2.16 bits per heavy atom. The molecule has 202 valence electrons. The largest absolute Gasteiger partial charge is 0.368 e. The van der Waals surface area contributed by atoms with Gasteiger partial charge in [0.05, 0.1) is 0 Å². The van der Waals surface area contributed by atoms with Gasteiger partial charge in [-0.1, -0.05) is 48.5 Å². The van der Waals surface area contributed by atoms with Gasteiger partial charge in [0.2, 0.25) is 23.6 Å². The number of aromatic nitrogens is 1. The van der Waals surface area contributed by atoms with Gasteiger partial charge < -0.3 is 32.4 Å². The minimum Gasteiger partial charge on any atom is -0.368 e. The number of unbranched alkanes of at least 4 members (excludes halogenated alkanes) is 1. The first kappa shape index (κ1) is 28.4. The summed E-state index contributed by atoms with van der Waals surface area (Å²) in [5.41, 5.74) is 13.9. The molecule has 3 atom stereocenters. The predicted molar refractivity (Wildman–Crippen MR) is 146 cm³/mol. The summed E-state index contributed by atoms with van der Waals surface area (Å²) in [7, 11) is 0. The van der Waals surface area contributed by atoms with E-state index in [1.165, 1.54) is 6.92 Å². The number of para-hydroxylation sites is 1. The first-order valence-electron chi connectivity index (χ1n) is 12.7. The SMILES string of the molecule is CC(=O)N[C@H](Cc1ccccc1)C(=O)N[C@@H](CCCCN)C(=O)N[C@H](Cc1c[nH]c2ccccc12)C(N)=O. The molecule has 1 aromatic heterocycles. The first-order chi connectivity index (χ1) is 18.3. The maximum absolute atomic E-state index is 13.3. The number of hydrogen-bond donors (Lipinski definition) is 6. The van der Waals surface area contributed by atoms with Crippen LogP contribution in [0.3, 0.4) is 0 Å². The molecule has 10 nitrogen and oxygen atoms in total. The fourth-order valence-corrected chi connectivity index (χ4v) is 4.35. The standard InChI is InChI=1S/C28H36N6O4/c1-18(35)32-25(15-19-9-3-2-4-10-19)28(38)33-23(13-7-8-14-29)27(37)34-24(26(30)36)16-20-17-31-22-12-6-5-11-21(20)22/h2-6,9-12,17,23-25,31H,7-8,13-16,29H2,1H3,(H2,30,36)(H,32,35)(H,33,38)(H,34,37)/t23-,24+,25+/m0/s1. The average molecular weight is 521 g/mol. The minimum atomic E-state index is -0.980. The van der Waals surface area contributed by atoms with E-state index in [9.17, 15) is 19.2 Å². The van der Waals surface area contributed by atoms with Crippen LogP contribution >= 0.6 is 0 Å². The number of carbonyl (C=O) groups excluding carboxylic acids is 4. The van der Waals surface area contributed by atoms with E-state index in [-0.39, 0.29) is 18.7 Å². The van der Waals surface area contributed by atoms with Crippen LogP contribution in [0.4, 0.5) is 0 Å². The number of amides is 4. The van der Waals surface area contributed by atoms with Crippen molar-refractivity contribution in [3.8, 4) is 0 Å². The van der Waals surface area contributed by atoms with Gasteiger partial charge in [0.1, 0.15) is 18.1 Å². The van der Waals surface area contributed by atoms with Crippen LogP contribution in [0.25, 0.3) is 10.9 Å². The van der Waals surface area contributed by atoms with Gasteiger partial charge in [-0.2, -0.15) is 0 Å². The van der Waals surface area contributed by atoms with E-state index in [4.69, 9.17) is 11.5 Å². The summed E-state index contributed by atoms with van der Waals surface area (Å²) in [6.07, 6.45) is 3.79. The smallest absolute Gasteiger partial charge is 0.243 e. The maximum atomic E-state index is 13.3. The maximum Gasteiger partial charge on any atom is 0.243 e. The van der Waals surface area contributed by atoms with E-state index in [2.05, 4.69) is 20.9 Å². The molecule has 0 aliphatic heterocycles. The van der Waals surface area contributed by atoms with Crippen molar-refractivity contribution < 1.29 is 19.2 Å². The second-order valence-electron chi connectivity index (χ2n) is 9.32. The number of primary amides is 1. The Kier molecular flexibility index (Phi) is 10.4. The molecule has 0 bridgehead atoms. The topological polar surface area (TPSA) is 172 Å². The van der Waals surface area contributed by atoms with Gasteiger partial charge in [-0.05, 0) is 43.0 Å². The Hall–Kier alpha value is -4.18. The molecule has 0 fully saturated rings. The van der Waals surface area contributed by atoms with Crippen molar-refractivity contribution in [2.24, 2.45) is 11.5 Å². The van der Waals surface area contributed by atoms with Crippen molar-refractivity contribution in [2.45, 2.75) is 57.2 Å². The molecular formula is C28H36N6O4. The van der Waals surface area contributed by atoms with E-state index < -0.39 is 35.8 Å². The van der Waals surface area contributed by atoms with Gasteiger partial charge in [-0.15, -0.1) is 0 Å². The summed E-state index contributed by atoms with van der Waals surface area (Å²) < 4.78 is 0. The van der Waals surface area contributed by atoms with Crippen molar-refractivity contribution >= 4 is 34.5 Å². The Bertz CT molecular complexity index is 1240. The normalized spacial score (nSPS) is 13.3. The number of H-pyrrole nitrogens is 1. The van der Waals surface area contributed by atoms with Crippen LogP contribution in [-0.4, -0.2) is 53.3 Å². The quantitative estimate of drug-likeness (QED) is 0.174. The van der Waals surface area contributed by atoms with E-state index in [1.54, 1.807) is 6.20 Å². The van der Waals surface area contributed by atoms with Crippen LogP contribution in [-0.2, 0) is 32.0 Å². The van der Waals surface area contributed by atoms with Gasteiger partial charge in [0, 0.05) is 36.9 Å². The number of aromatic amines is 1. The van der Waals surface area contributed by atoms with Crippen LogP contribution in [0, 0.1) is 0 Å². The molecule has 0 radical (unpaired) electrons. The lowest BCUT2D eigenvalue weighted by Gasteiger charge is -2.25. The highest BCUT2D eigenvalue weighted by atomic mass is 16.2. The number of fused-ring (bicyclic) bond motifs is 1. The third-order valence-corrected chi connectivity index (χ3v) is 6.32. The molecular weight excluding hydrogens is 484 g/mol. The van der Waals surface area contributed by atoms with E-state index in [1.807, 2.05) is 54.6 Å². The molecule has 0 unspecified atom stereocenters. The summed E-state index contributed by atoms with van der Waals surface area (Å²) in [5, 5.41) is 9.09. The molecule has 0 aliphatic carbocycles. The molecule has 0 spiro atoms. The molecule has 0 saturated carbocycles. The Labute approximate surface area is 221 Å². The van der Waals surface area contributed by atoms with E-state index >= 15 is 0 Å². The number of hydrogen-bond acceptors (Lipinski definition) is 5. The molecule has 1 heterocycles. The molecule has 3 aromatic rings. The summed E-state index contributed by atoms with van der Waals surface area (Å²) >= 11 is 0. The van der Waals surface area contributed by atoms with Crippen molar-refractivity contribution in [2.75, 3.05) is 6.54 Å². The molecule has 10 heteroatoms. The molecule has 38 heavy (non-hydrogen) atoms. The molecule has 8 N–H and O–H groups in total. The number of carbonyl (C=O) groups is 4. The van der Waals surface area contributed by atoms with Gasteiger partial charge >= 0.3 is 0 Å². The number of benzene rings is 2. The fraction of sp³-hybridized carbons (Fsp3) is 0.357. The van der Waals surface area contributed by atoms with Crippen molar-refractivity contribution in [3.05, 3.63) is 71.9 Å². The van der Waals surface area contributed by atoms with E-state index in [0.717, 1.165) is 22.0 Å². The third-order valence-electron chi connectivity index (χ3n) is 6.32. The first-order valence-corrected chi connectivity index (χ1v) is 12.7. The van der Waals surface area contributed by atoms with Gasteiger partial charge in [0.25, 0.3) is 0 Å². The monoisotopic (exact) mass is 520 g/mol. The number of nitrogens with one attached hydrogen (secondary N) is 4. The molecule has 0 aliphatic rings. The molecule has 2 aromatic carbocycles. The summed E-state index contributed by atoms with van der Waals surface area (Å²) in [5.74, 6) is -2.07. The third kappa shape index (κ3) is 8.17. The summed E-state index contributed by atoms with van der Waals surface area (Å²) in [6, 6.07) is 14.1. The number of nitrogens with two attached hydrogens (primary N) is 2. The van der Waals surface area contributed by atoms with Crippen molar-refractivity contribution in [1.82, 2.24) is 20.9 Å². The molecule has 3 rings (SSSR count). The van der Waals surface area contributed by atoms with Gasteiger partial charge in [-0.25, -0.2) is 0 Å². The molecule has 4 amide bonds. The average Bonchev–Trinajstić information content (AvgIpc) is 3.30. The number of rotatable bonds is 14. The second-order valence-corrected chi connectivity index (χ2v) is 9.32. The highest BCUT2D eigenvalue weighted by Crippen LogP contribution is 2.19. The highest BCUT2D eigenvalue weighted by molar-refractivity contribution is 5.94. The van der Waals surface area contributed by atoms with Crippen LogP contribution < -0.4 is 27.4 Å². The molecule has 0 saturated heterocycles. The van der Waals surface area contributed by atoms with Crippen LogP contribution in [0.5, 0.6) is 0 Å². The Morgan fingerprint density at radius 2 is 1.47 bits per heavy atom. The van der Waals surface area contributed by atoms with Gasteiger partial charge in [0.15, 0.2) is 0 Å². The highest BCUT2D eigenvalue weighted by Gasteiger charge is 2.29.